The standard InChI is InChI=1S/C12H16BrNO2/c1-14-5-6-15-12(8-14)9-16-11-4-2-3-10(13)7-11/h2-4,7,12H,5-6,8-9H2,1H3. The molecule has 0 spiro atoms. The lowest BCUT2D eigenvalue weighted by Crippen LogP contribution is -2.42. The third kappa shape index (κ3) is 3.47. The second-order valence-electron chi connectivity index (χ2n) is 4.02. The molecule has 0 radical (unpaired) electrons. The van der Waals surface area contributed by atoms with Gasteiger partial charge in [0.2, 0.25) is 0 Å². The number of halogens is 1. The number of benzene rings is 1. The first-order chi connectivity index (χ1) is 7.74. The highest BCUT2D eigenvalue weighted by Crippen LogP contribution is 2.18. The number of ether oxygens (including phenoxy) is 2. The van der Waals surface area contributed by atoms with E-state index in [0.717, 1.165) is 29.9 Å². The van der Waals surface area contributed by atoms with Gasteiger partial charge in [-0.05, 0) is 25.2 Å². The molecule has 3 nitrogen and oxygen atoms in total. The van der Waals surface area contributed by atoms with Crippen LogP contribution in [0.1, 0.15) is 0 Å². The maximum atomic E-state index is 5.69. The molecule has 4 heteroatoms. The molecule has 1 fully saturated rings. The van der Waals surface area contributed by atoms with Crippen LogP contribution in [0.15, 0.2) is 28.7 Å². The number of hydrogen-bond acceptors (Lipinski definition) is 3. The third-order valence-electron chi connectivity index (χ3n) is 2.57. The lowest BCUT2D eigenvalue weighted by atomic mass is 10.3. The van der Waals surface area contributed by atoms with Crippen molar-refractivity contribution in [2.75, 3.05) is 33.4 Å². The summed E-state index contributed by atoms with van der Waals surface area (Å²) < 4.78 is 12.3. The molecule has 16 heavy (non-hydrogen) atoms. The highest BCUT2D eigenvalue weighted by molar-refractivity contribution is 9.10. The van der Waals surface area contributed by atoms with E-state index in [1.165, 1.54) is 0 Å². The van der Waals surface area contributed by atoms with Crippen molar-refractivity contribution >= 4 is 15.9 Å². The van der Waals surface area contributed by atoms with Crippen molar-refractivity contribution in [2.45, 2.75) is 6.10 Å². The SMILES string of the molecule is CN1CCOC(COc2cccc(Br)c2)C1. The first-order valence-corrected chi connectivity index (χ1v) is 6.22. The Morgan fingerprint density at radius 3 is 3.19 bits per heavy atom. The van der Waals surface area contributed by atoms with Gasteiger partial charge in [-0.3, -0.25) is 0 Å². The Morgan fingerprint density at radius 1 is 1.56 bits per heavy atom. The summed E-state index contributed by atoms with van der Waals surface area (Å²) in [5.74, 6) is 0.881. The van der Waals surface area contributed by atoms with Gasteiger partial charge in [-0.25, -0.2) is 0 Å². The van der Waals surface area contributed by atoms with Gasteiger partial charge in [-0.15, -0.1) is 0 Å². The van der Waals surface area contributed by atoms with Crippen LogP contribution < -0.4 is 4.74 Å². The molecule has 88 valence electrons. The summed E-state index contributed by atoms with van der Waals surface area (Å²) in [5, 5.41) is 0. The van der Waals surface area contributed by atoms with Crippen LogP contribution in [0, 0.1) is 0 Å². The maximum Gasteiger partial charge on any atom is 0.120 e. The van der Waals surface area contributed by atoms with Crippen LogP contribution in [0.25, 0.3) is 0 Å². The van der Waals surface area contributed by atoms with Crippen LogP contribution in [0.2, 0.25) is 0 Å². The number of likely N-dealkylation sites (N-methyl/N-ethyl adjacent to an activating group) is 1. The molecule has 1 aromatic rings. The molecule has 1 aliphatic heterocycles. The quantitative estimate of drug-likeness (QED) is 0.850. The summed E-state index contributed by atoms with van der Waals surface area (Å²) in [6.45, 7) is 3.35. The van der Waals surface area contributed by atoms with Gasteiger partial charge in [0.05, 0.1) is 6.61 Å². The van der Waals surface area contributed by atoms with Gasteiger partial charge < -0.3 is 14.4 Å². The third-order valence-corrected chi connectivity index (χ3v) is 3.07. The van der Waals surface area contributed by atoms with Gasteiger partial charge in [-0.1, -0.05) is 22.0 Å². The van der Waals surface area contributed by atoms with Gasteiger partial charge in [0.15, 0.2) is 0 Å². The van der Waals surface area contributed by atoms with Crippen molar-refractivity contribution in [3.63, 3.8) is 0 Å². The average molecular weight is 286 g/mol. The predicted octanol–water partition coefficient (Wildman–Crippen LogP) is 2.16. The summed E-state index contributed by atoms with van der Waals surface area (Å²) >= 11 is 3.42. The first-order valence-electron chi connectivity index (χ1n) is 5.42. The number of hydrogen-bond donors (Lipinski definition) is 0. The zero-order valence-electron chi connectivity index (χ0n) is 9.36. The molecule has 0 aliphatic carbocycles. The molecule has 0 aromatic heterocycles. The largest absolute Gasteiger partial charge is 0.491 e. The van der Waals surface area contributed by atoms with Crippen molar-refractivity contribution in [3.05, 3.63) is 28.7 Å². The number of morpholine rings is 1. The molecule has 1 unspecified atom stereocenters. The Hall–Kier alpha value is -0.580. The van der Waals surface area contributed by atoms with Gasteiger partial charge in [-0.2, -0.15) is 0 Å². The molecular formula is C12H16BrNO2. The summed E-state index contributed by atoms with van der Waals surface area (Å²) in [4.78, 5) is 2.26. The van der Waals surface area contributed by atoms with E-state index in [0.29, 0.717) is 6.61 Å². The second kappa shape index (κ2) is 5.66. The maximum absolute atomic E-state index is 5.69. The summed E-state index contributed by atoms with van der Waals surface area (Å²) in [6.07, 6.45) is 0.178. The second-order valence-corrected chi connectivity index (χ2v) is 4.94. The first kappa shape index (κ1) is 11.9. The number of rotatable bonds is 3. The summed E-state index contributed by atoms with van der Waals surface area (Å²) in [7, 11) is 2.11. The van der Waals surface area contributed by atoms with E-state index >= 15 is 0 Å². The van der Waals surface area contributed by atoms with E-state index in [-0.39, 0.29) is 6.10 Å². The average Bonchev–Trinajstić information content (AvgIpc) is 2.27. The van der Waals surface area contributed by atoms with Crippen molar-refractivity contribution in [1.82, 2.24) is 4.90 Å². The monoisotopic (exact) mass is 285 g/mol. The zero-order chi connectivity index (χ0) is 11.4. The highest BCUT2D eigenvalue weighted by Gasteiger charge is 2.18. The minimum atomic E-state index is 0.178. The van der Waals surface area contributed by atoms with Crippen LogP contribution in [-0.4, -0.2) is 44.4 Å². The summed E-state index contributed by atoms with van der Waals surface area (Å²) in [6, 6.07) is 7.87. The topological polar surface area (TPSA) is 21.7 Å². The Balaban J connectivity index is 1.82. The molecule has 1 aliphatic rings. The zero-order valence-corrected chi connectivity index (χ0v) is 10.9. The number of nitrogens with zero attached hydrogens (tertiary/aromatic N) is 1. The Kier molecular flexibility index (Phi) is 4.21. The minimum absolute atomic E-state index is 0.178. The summed E-state index contributed by atoms with van der Waals surface area (Å²) in [5.41, 5.74) is 0. The van der Waals surface area contributed by atoms with Gasteiger partial charge in [0, 0.05) is 17.6 Å². The van der Waals surface area contributed by atoms with E-state index in [1.54, 1.807) is 0 Å². The Morgan fingerprint density at radius 2 is 2.44 bits per heavy atom. The van der Waals surface area contributed by atoms with E-state index in [1.807, 2.05) is 24.3 Å². The lowest BCUT2D eigenvalue weighted by molar-refractivity contribution is -0.0403. The van der Waals surface area contributed by atoms with Crippen LogP contribution >= 0.6 is 15.9 Å². The van der Waals surface area contributed by atoms with Gasteiger partial charge in [0.1, 0.15) is 18.5 Å². The van der Waals surface area contributed by atoms with Crippen LogP contribution in [0.5, 0.6) is 5.75 Å². The van der Waals surface area contributed by atoms with Crippen LogP contribution in [-0.2, 0) is 4.74 Å². The molecule has 2 rings (SSSR count). The molecule has 1 heterocycles. The molecular weight excluding hydrogens is 270 g/mol. The molecule has 1 aromatic carbocycles. The van der Waals surface area contributed by atoms with Crippen LogP contribution in [0.3, 0.4) is 0 Å². The molecule has 1 atom stereocenters. The predicted molar refractivity (Wildman–Crippen MR) is 66.9 cm³/mol. The Bertz CT molecular complexity index is 346. The lowest BCUT2D eigenvalue weighted by Gasteiger charge is -2.29. The van der Waals surface area contributed by atoms with E-state index in [4.69, 9.17) is 9.47 Å². The van der Waals surface area contributed by atoms with E-state index in [9.17, 15) is 0 Å². The normalized spacial score (nSPS) is 22.0. The highest BCUT2D eigenvalue weighted by atomic mass is 79.9. The van der Waals surface area contributed by atoms with Gasteiger partial charge >= 0.3 is 0 Å². The smallest absolute Gasteiger partial charge is 0.120 e. The molecule has 0 saturated carbocycles. The molecule has 0 amide bonds. The fourth-order valence-electron chi connectivity index (χ4n) is 1.71. The fraction of sp³-hybridized carbons (Fsp3) is 0.500. The molecule has 0 bridgehead atoms. The van der Waals surface area contributed by atoms with Crippen LogP contribution in [0.4, 0.5) is 0 Å². The molecule has 0 N–H and O–H groups in total. The van der Waals surface area contributed by atoms with Crippen molar-refractivity contribution in [2.24, 2.45) is 0 Å². The molecule has 1 saturated heterocycles. The fourth-order valence-corrected chi connectivity index (χ4v) is 2.09. The minimum Gasteiger partial charge on any atom is -0.491 e. The van der Waals surface area contributed by atoms with Crippen molar-refractivity contribution in [1.29, 1.82) is 0 Å². The Labute approximate surface area is 104 Å². The van der Waals surface area contributed by atoms with E-state index < -0.39 is 0 Å². The van der Waals surface area contributed by atoms with Gasteiger partial charge in [0.25, 0.3) is 0 Å². The van der Waals surface area contributed by atoms with Crippen molar-refractivity contribution in [3.8, 4) is 5.75 Å². The van der Waals surface area contributed by atoms with E-state index in [2.05, 4.69) is 27.9 Å². The van der Waals surface area contributed by atoms with Crippen molar-refractivity contribution < 1.29 is 9.47 Å².